The van der Waals surface area contributed by atoms with Crippen molar-refractivity contribution in [2.45, 2.75) is 58.4 Å². The van der Waals surface area contributed by atoms with E-state index in [1.54, 1.807) is 13.8 Å². The molecule has 2 N–H and O–H groups in total. The Kier molecular flexibility index (Phi) is 6.26. The van der Waals surface area contributed by atoms with Crippen LogP contribution in [0.2, 0.25) is 0 Å². The molecule has 1 aliphatic rings. The SMILES string of the molecule is CC(C)[C@@H](NS(=O)(=O)CCC1CCCCC1)C(=O)O. The van der Waals surface area contributed by atoms with Crippen molar-refractivity contribution in [3.63, 3.8) is 0 Å². The molecular formula is C13H25NO4S. The van der Waals surface area contributed by atoms with E-state index in [1.165, 1.54) is 19.3 Å². The number of sulfonamides is 1. The fourth-order valence-corrected chi connectivity index (χ4v) is 4.04. The molecule has 1 rings (SSSR count). The molecule has 0 heterocycles. The van der Waals surface area contributed by atoms with Gasteiger partial charge in [-0.1, -0.05) is 46.0 Å². The van der Waals surface area contributed by atoms with E-state index >= 15 is 0 Å². The van der Waals surface area contributed by atoms with Gasteiger partial charge < -0.3 is 5.11 Å². The molecule has 0 aromatic carbocycles. The van der Waals surface area contributed by atoms with Gasteiger partial charge >= 0.3 is 5.97 Å². The van der Waals surface area contributed by atoms with E-state index in [-0.39, 0.29) is 11.7 Å². The zero-order chi connectivity index (χ0) is 14.5. The highest BCUT2D eigenvalue weighted by Gasteiger charge is 2.27. The summed E-state index contributed by atoms with van der Waals surface area (Å²) in [5, 5.41) is 9.00. The molecule has 5 nitrogen and oxygen atoms in total. The van der Waals surface area contributed by atoms with Gasteiger partial charge in [0.15, 0.2) is 0 Å². The molecule has 0 bridgehead atoms. The van der Waals surface area contributed by atoms with Crippen molar-refractivity contribution in [1.82, 2.24) is 4.72 Å². The van der Waals surface area contributed by atoms with Gasteiger partial charge in [-0.05, 0) is 18.3 Å². The first-order valence-corrected chi connectivity index (χ1v) is 8.70. The Morgan fingerprint density at radius 2 is 1.84 bits per heavy atom. The maximum atomic E-state index is 11.9. The number of aliphatic carboxylic acids is 1. The second-order valence-corrected chi connectivity index (χ2v) is 7.66. The zero-order valence-electron chi connectivity index (χ0n) is 11.8. The Morgan fingerprint density at radius 3 is 2.32 bits per heavy atom. The molecule has 0 radical (unpaired) electrons. The number of nitrogens with one attached hydrogen (secondary N) is 1. The number of carbonyl (C=O) groups is 1. The van der Waals surface area contributed by atoms with Gasteiger partial charge in [0.2, 0.25) is 10.0 Å². The molecule has 1 fully saturated rings. The van der Waals surface area contributed by atoms with Crippen molar-refractivity contribution in [3.05, 3.63) is 0 Å². The lowest BCUT2D eigenvalue weighted by atomic mass is 9.88. The van der Waals surface area contributed by atoms with Crippen LogP contribution in [0.3, 0.4) is 0 Å². The number of hydrogen-bond acceptors (Lipinski definition) is 3. The minimum atomic E-state index is -3.50. The van der Waals surface area contributed by atoms with Crippen LogP contribution in [0.25, 0.3) is 0 Å². The zero-order valence-corrected chi connectivity index (χ0v) is 12.6. The smallest absolute Gasteiger partial charge is 0.321 e. The van der Waals surface area contributed by atoms with Gasteiger partial charge in [-0.15, -0.1) is 0 Å². The minimum Gasteiger partial charge on any atom is -0.480 e. The van der Waals surface area contributed by atoms with Crippen molar-refractivity contribution in [1.29, 1.82) is 0 Å². The van der Waals surface area contributed by atoms with E-state index in [9.17, 15) is 13.2 Å². The maximum Gasteiger partial charge on any atom is 0.321 e. The van der Waals surface area contributed by atoms with Crippen LogP contribution < -0.4 is 4.72 Å². The second-order valence-electron chi connectivity index (χ2n) is 5.79. The molecule has 1 aliphatic carbocycles. The van der Waals surface area contributed by atoms with Gasteiger partial charge in [0, 0.05) is 0 Å². The summed E-state index contributed by atoms with van der Waals surface area (Å²) in [7, 11) is -3.50. The molecule has 0 spiro atoms. The third kappa shape index (κ3) is 5.91. The third-order valence-electron chi connectivity index (χ3n) is 3.76. The first kappa shape index (κ1) is 16.4. The van der Waals surface area contributed by atoms with Crippen LogP contribution in [0, 0.1) is 11.8 Å². The standard InChI is InChI=1S/C13H25NO4S/c1-10(2)12(13(15)16)14-19(17,18)9-8-11-6-4-3-5-7-11/h10-12,14H,3-9H2,1-2H3,(H,15,16)/t12-/m1/s1. The van der Waals surface area contributed by atoms with Crippen molar-refractivity contribution >= 4 is 16.0 Å². The molecule has 1 atom stereocenters. The quantitative estimate of drug-likeness (QED) is 0.751. The summed E-state index contributed by atoms with van der Waals surface area (Å²) in [6.07, 6.45) is 6.45. The Balaban J connectivity index is 2.48. The van der Waals surface area contributed by atoms with Crippen molar-refractivity contribution in [2.24, 2.45) is 11.8 Å². The van der Waals surface area contributed by atoms with Gasteiger partial charge in [0.1, 0.15) is 6.04 Å². The van der Waals surface area contributed by atoms with Crippen LogP contribution in [-0.4, -0.2) is 31.3 Å². The molecule has 112 valence electrons. The largest absolute Gasteiger partial charge is 0.480 e. The van der Waals surface area contributed by atoms with E-state index < -0.39 is 22.0 Å². The molecule has 0 saturated heterocycles. The fraction of sp³-hybridized carbons (Fsp3) is 0.923. The molecule has 19 heavy (non-hydrogen) atoms. The maximum absolute atomic E-state index is 11.9. The Hall–Kier alpha value is -0.620. The lowest BCUT2D eigenvalue weighted by molar-refractivity contribution is -0.140. The third-order valence-corrected chi connectivity index (χ3v) is 5.15. The minimum absolute atomic E-state index is 0.0359. The van der Waals surface area contributed by atoms with Crippen LogP contribution in [0.4, 0.5) is 0 Å². The monoisotopic (exact) mass is 291 g/mol. The van der Waals surface area contributed by atoms with E-state index in [0.29, 0.717) is 12.3 Å². The Bertz CT molecular complexity index is 385. The summed E-state index contributed by atoms with van der Waals surface area (Å²) >= 11 is 0. The lowest BCUT2D eigenvalue weighted by Gasteiger charge is -2.22. The van der Waals surface area contributed by atoms with E-state index in [2.05, 4.69) is 4.72 Å². The molecule has 0 unspecified atom stereocenters. The van der Waals surface area contributed by atoms with Crippen LogP contribution in [0.5, 0.6) is 0 Å². The summed E-state index contributed by atoms with van der Waals surface area (Å²) in [5.74, 6) is -0.861. The molecule has 6 heteroatoms. The molecule has 1 saturated carbocycles. The molecular weight excluding hydrogens is 266 g/mol. The van der Waals surface area contributed by atoms with E-state index in [1.807, 2.05) is 0 Å². The predicted molar refractivity (Wildman–Crippen MR) is 74.4 cm³/mol. The lowest BCUT2D eigenvalue weighted by Crippen LogP contribution is -2.45. The number of rotatable bonds is 7. The Morgan fingerprint density at radius 1 is 1.26 bits per heavy atom. The highest BCUT2D eigenvalue weighted by molar-refractivity contribution is 7.89. The number of carboxylic acid groups (broad SMARTS) is 1. The number of hydrogen-bond donors (Lipinski definition) is 2. The average Bonchev–Trinajstić information content (AvgIpc) is 2.34. The normalized spacial score (nSPS) is 19.5. The van der Waals surface area contributed by atoms with Crippen LogP contribution in [0.1, 0.15) is 52.4 Å². The van der Waals surface area contributed by atoms with Gasteiger partial charge in [-0.2, -0.15) is 0 Å². The Labute approximate surface area is 115 Å². The average molecular weight is 291 g/mol. The topological polar surface area (TPSA) is 83.5 Å². The highest BCUT2D eigenvalue weighted by atomic mass is 32.2. The number of carboxylic acids is 1. The summed E-state index contributed by atoms with van der Waals surface area (Å²) < 4.78 is 26.1. The van der Waals surface area contributed by atoms with Gasteiger partial charge in [-0.3, -0.25) is 4.79 Å². The molecule has 0 amide bonds. The van der Waals surface area contributed by atoms with Crippen molar-refractivity contribution in [3.8, 4) is 0 Å². The summed E-state index contributed by atoms with van der Waals surface area (Å²) in [6.45, 7) is 3.39. The molecule has 0 aromatic heterocycles. The van der Waals surface area contributed by atoms with Gasteiger partial charge in [-0.25, -0.2) is 13.1 Å². The van der Waals surface area contributed by atoms with Crippen LogP contribution in [-0.2, 0) is 14.8 Å². The summed E-state index contributed by atoms with van der Waals surface area (Å²) in [5.41, 5.74) is 0. The van der Waals surface area contributed by atoms with E-state index in [0.717, 1.165) is 12.8 Å². The van der Waals surface area contributed by atoms with Gasteiger partial charge in [0.25, 0.3) is 0 Å². The van der Waals surface area contributed by atoms with Crippen LogP contribution >= 0.6 is 0 Å². The first-order valence-electron chi connectivity index (χ1n) is 7.04. The van der Waals surface area contributed by atoms with Crippen LogP contribution in [0.15, 0.2) is 0 Å². The summed E-state index contributed by atoms with van der Waals surface area (Å²) in [6, 6.07) is -1.03. The molecule has 0 aliphatic heterocycles. The van der Waals surface area contributed by atoms with E-state index in [4.69, 9.17) is 5.11 Å². The van der Waals surface area contributed by atoms with Crippen molar-refractivity contribution < 1.29 is 18.3 Å². The fourth-order valence-electron chi connectivity index (χ4n) is 2.52. The van der Waals surface area contributed by atoms with Crippen molar-refractivity contribution in [2.75, 3.05) is 5.75 Å². The first-order chi connectivity index (χ1) is 8.82. The predicted octanol–water partition coefficient (Wildman–Crippen LogP) is 1.99. The highest BCUT2D eigenvalue weighted by Crippen LogP contribution is 2.26. The summed E-state index contributed by atoms with van der Waals surface area (Å²) in [4.78, 5) is 11.0. The van der Waals surface area contributed by atoms with Gasteiger partial charge in [0.05, 0.1) is 5.75 Å². The second kappa shape index (κ2) is 7.24. The molecule has 0 aromatic rings.